The zero-order valence-electron chi connectivity index (χ0n) is 20.0. The van der Waals surface area contributed by atoms with Gasteiger partial charge in [-0.25, -0.2) is 18.7 Å². The summed E-state index contributed by atoms with van der Waals surface area (Å²) in [6.07, 6.45) is 2.97. The van der Waals surface area contributed by atoms with Crippen molar-refractivity contribution in [2.75, 3.05) is 37.0 Å². The maximum Gasteiger partial charge on any atom is 0.274 e. The van der Waals surface area contributed by atoms with Crippen LogP contribution in [0.25, 0.3) is 22.3 Å². The Labute approximate surface area is 206 Å². The Morgan fingerprint density at radius 1 is 1.25 bits per heavy atom. The van der Waals surface area contributed by atoms with Crippen molar-refractivity contribution in [1.29, 1.82) is 0 Å². The first-order valence-corrected chi connectivity index (χ1v) is 11.5. The van der Waals surface area contributed by atoms with Crippen LogP contribution in [0.4, 0.5) is 20.2 Å². The molecule has 1 atom stereocenters. The lowest BCUT2D eigenvalue weighted by molar-refractivity contribution is 0.102. The van der Waals surface area contributed by atoms with Gasteiger partial charge in [-0.3, -0.25) is 9.48 Å². The van der Waals surface area contributed by atoms with Gasteiger partial charge >= 0.3 is 0 Å². The molecule has 2 aromatic heterocycles. The summed E-state index contributed by atoms with van der Waals surface area (Å²) >= 11 is 0. The number of hydrogen-bond donors (Lipinski definition) is 2. The Kier molecular flexibility index (Phi) is 6.23. The summed E-state index contributed by atoms with van der Waals surface area (Å²) in [7, 11) is 3.09. The lowest BCUT2D eigenvalue weighted by Crippen LogP contribution is -2.50. The Morgan fingerprint density at radius 3 is 2.86 bits per heavy atom. The molecule has 0 bridgehead atoms. The van der Waals surface area contributed by atoms with E-state index in [9.17, 15) is 9.18 Å². The molecule has 3 heterocycles. The molecule has 11 heteroatoms. The van der Waals surface area contributed by atoms with Crippen LogP contribution in [-0.2, 0) is 7.05 Å². The molecule has 1 fully saturated rings. The molecule has 0 aliphatic carbocycles. The van der Waals surface area contributed by atoms with E-state index in [0.29, 0.717) is 28.8 Å². The molecule has 36 heavy (non-hydrogen) atoms. The van der Waals surface area contributed by atoms with E-state index in [1.807, 2.05) is 0 Å². The van der Waals surface area contributed by atoms with Gasteiger partial charge in [0, 0.05) is 50.4 Å². The van der Waals surface area contributed by atoms with Crippen molar-refractivity contribution in [2.45, 2.75) is 13.0 Å². The fourth-order valence-corrected chi connectivity index (χ4v) is 4.56. The van der Waals surface area contributed by atoms with Crippen molar-refractivity contribution in [3.8, 4) is 17.1 Å². The second-order valence-corrected chi connectivity index (χ2v) is 8.57. The van der Waals surface area contributed by atoms with E-state index < -0.39 is 17.5 Å². The first-order valence-electron chi connectivity index (χ1n) is 11.5. The number of aryl methyl sites for hydroxylation is 1. The van der Waals surface area contributed by atoms with Gasteiger partial charge in [-0.2, -0.15) is 5.10 Å². The van der Waals surface area contributed by atoms with E-state index in [2.05, 4.69) is 37.5 Å². The molecule has 4 aromatic rings. The quantitative estimate of drug-likeness (QED) is 0.440. The highest BCUT2D eigenvalue weighted by molar-refractivity contribution is 6.09. The van der Waals surface area contributed by atoms with Crippen molar-refractivity contribution >= 4 is 28.2 Å². The van der Waals surface area contributed by atoms with Gasteiger partial charge in [-0.05, 0) is 25.1 Å². The predicted octanol–water partition coefficient (Wildman–Crippen LogP) is 3.37. The molecular formula is C25H25F2N7O2. The zero-order valence-corrected chi connectivity index (χ0v) is 20.0. The molecule has 1 aliphatic rings. The van der Waals surface area contributed by atoms with Crippen LogP contribution in [0.15, 0.2) is 42.7 Å². The van der Waals surface area contributed by atoms with Crippen molar-refractivity contribution in [2.24, 2.45) is 7.05 Å². The summed E-state index contributed by atoms with van der Waals surface area (Å²) in [6, 6.07) is 7.17. The van der Waals surface area contributed by atoms with Gasteiger partial charge in [0.1, 0.15) is 22.8 Å². The first kappa shape index (κ1) is 23.6. The van der Waals surface area contributed by atoms with Crippen LogP contribution in [0, 0.1) is 11.6 Å². The van der Waals surface area contributed by atoms with Crippen LogP contribution in [0.5, 0.6) is 5.75 Å². The average molecular weight is 494 g/mol. The van der Waals surface area contributed by atoms with Crippen LogP contribution >= 0.6 is 0 Å². The molecule has 0 radical (unpaired) electrons. The Bertz CT molecular complexity index is 1460. The highest BCUT2D eigenvalue weighted by Gasteiger charge is 2.27. The maximum atomic E-state index is 15.1. The number of nitrogens with one attached hydrogen (secondary N) is 2. The molecule has 9 nitrogen and oxygen atoms in total. The number of fused-ring (bicyclic) bond motifs is 1. The van der Waals surface area contributed by atoms with Crippen LogP contribution in [-0.4, -0.2) is 58.4 Å². The predicted molar refractivity (Wildman–Crippen MR) is 132 cm³/mol. The van der Waals surface area contributed by atoms with Gasteiger partial charge in [-0.15, -0.1) is 0 Å². The summed E-state index contributed by atoms with van der Waals surface area (Å²) in [5.74, 6) is -1.42. The van der Waals surface area contributed by atoms with E-state index in [0.717, 1.165) is 13.1 Å². The number of carbonyl (C=O) groups is 1. The van der Waals surface area contributed by atoms with E-state index in [1.54, 1.807) is 19.3 Å². The molecule has 0 unspecified atom stereocenters. The molecule has 2 N–H and O–H groups in total. The summed E-state index contributed by atoms with van der Waals surface area (Å²) < 4.78 is 36.4. The summed E-state index contributed by atoms with van der Waals surface area (Å²) in [5, 5.41) is 11.0. The number of nitrogens with zero attached hydrogens (tertiary/aromatic N) is 5. The number of ether oxygens (including phenoxy) is 1. The molecule has 1 saturated heterocycles. The lowest BCUT2D eigenvalue weighted by Gasteiger charge is -2.37. The number of methoxy groups -OCH3 is 1. The van der Waals surface area contributed by atoms with Crippen LogP contribution in [0.1, 0.15) is 17.4 Å². The van der Waals surface area contributed by atoms with Crippen molar-refractivity contribution in [3.63, 3.8) is 0 Å². The fraction of sp³-hybridized carbons (Fsp3) is 0.280. The summed E-state index contributed by atoms with van der Waals surface area (Å²) in [4.78, 5) is 23.8. The smallest absolute Gasteiger partial charge is 0.274 e. The third-order valence-electron chi connectivity index (χ3n) is 6.29. The van der Waals surface area contributed by atoms with Crippen molar-refractivity contribution < 1.29 is 18.3 Å². The molecule has 0 saturated carbocycles. The number of amides is 1. The standard InChI is InChI=1S/C25H25F2N7O2/c1-14-12-28-9-10-34(14)23-15-13-30-33(2)22(15)17(27)11-19(23)32-25(35)18-7-8-29-24(31-18)21-16(26)5-4-6-20(21)36-3/h4-8,11,13-14,28H,9-10,12H2,1-3H3,(H,32,35)/t14-/m1/s1. The third-order valence-corrected chi connectivity index (χ3v) is 6.29. The summed E-state index contributed by atoms with van der Waals surface area (Å²) in [6.45, 7) is 4.22. The highest BCUT2D eigenvalue weighted by atomic mass is 19.1. The van der Waals surface area contributed by atoms with Crippen LogP contribution in [0.3, 0.4) is 0 Å². The number of benzene rings is 2. The highest BCUT2D eigenvalue weighted by Crippen LogP contribution is 2.38. The lowest BCUT2D eigenvalue weighted by atomic mass is 10.1. The fourth-order valence-electron chi connectivity index (χ4n) is 4.56. The Balaban J connectivity index is 1.56. The molecule has 0 spiro atoms. The monoisotopic (exact) mass is 493 g/mol. The minimum Gasteiger partial charge on any atom is -0.496 e. The van der Waals surface area contributed by atoms with Crippen molar-refractivity contribution in [1.82, 2.24) is 25.1 Å². The van der Waals surface area contributed by atoms with E-state index in [1.165, 1.54) is 42.3 Å². The zero-order chi connectivity index (χ0) is 25.4. The second kappa shape index (κ2) is 9.50. The first-order chi connectivity index (χ1) is 17.4. The van der Waals surface area contributed by atoms with Gasteiger partial charge in [0.2, 0.25) is 0 Å². The minimum atomic E-state index is -0.583. The SMILES string of the molecule is COc1cccc(F)c1-c1nccc(C(=O)Nc2cc(F)c3c(cnn3C)c2N2CCNC[C@H]2C)n1. The molecule has 186 valence electrons. The van der Waals surface area contributed by atoms with Crippen LogP contribution in [0.2, 0.25) is 0 Å². The van der Waals surface area contributed by atoms with Gasteiger partial charge in [0.25, 0.3) is 5.91 Å². The third kappa shape index (κ3) is 4.11. The number of halogens is 2. The van der Waals surface area contributed by atoms with Gasteiger partial charge in [0.05, 0.1) is 30.2 Å². The maximum absolute atomic E-state index is 15.1. The van der Waals surface area contributed by atoms with E-state index in [-0.39, 0.29) is 28.9 Å². The van der Waals surface area contributed by atoms with Crippen molar-refractivity contribution in [3.05, 3.63) is 60.1 Å². The Hall–Kier alpha value is -4.12. The molecule has 5 rings (SSSR count). The summed E-state index contributed by atoms with van der Waals surface area (Å²) in [5.41, 5.74) is 1.39. The van der Waals surface area contributed by atoms with Gasteiger partial charge in [-0.1, -0.05) is 6.07 Å². The van der Waals surface area contributed by atoms with Gasteiger partial charge < -0.3 is 20.3 Å². The molecule has 1 aliphatic heterocycles. The number of carbonyl (C=O) groups excluding carboxylic acids is 1. The number of hydrogen-bond acceptors (Lipinski definition) is 7. The topological polar surface area (TPSA) is 97.2 Å². The average Bonchev–Trinajstić information content (AvgIpc) is 3.26. The van der Waals surface area contributed by atoms with Crippen LogP contribution < -0.4 is 20.3 Å². The largest absolute Gasteiger partial charge is 0.496 e. The molecule has 2 aromatic carbocycles. The number of piperazine rings is 1. The number of rotatable bonds is 5. The Morgan fingerprint density at radius 2 is 2.08 bits per heavy atom. The second-order valence-electron chi connectivity index (χ2n) is 8.57. The van der Waals surface area contributed by atoms with E-state index >= 15 is 4.39 Å². The number of anilines is 2. The molecule has 1 amide bonds. The normalized spacial score (nSPS) is 15.8. The van der Waals surface area contributed by atoms with Gasteiger partial charge in [0.15, 0.2) is 11.6 Å². The van der Waals surface area contributed by atoms with E-state index in [4.69, 9.17) is 4.74 Å². The number of aromatic nitrogens is 4. The minimum absolute atomic E-state index is 0.00226. The molecular weight excluding hydrogens is 468 g/mol.